The van der Waals surface area contributed by atoms with Gasteiger partial charge in [-0.15, -0.1) is 0 Å². The molecule has 0 radical (unpaired) electrons. The Morgan fingerprint density at radius 2 is 2.26 bits per heavy atom. The molecule has 1 aliphatic heterocycles. The lowest BCUT2D eigenvalue weighted by Gasteiger charge is -2.34. The Bertz CT molecular complexity index is 934. The van der Waals surface area contributed by atoms with Gasteiger partial charge in [-0.05, 0) is 64.5 Å². The standard InChI is InChI=1S/C19H18BrClN4O2/c1-11-2-3-12-4-5-15(13(12)8-11)23-18(26)16-10-27-7-6-25(16)17-14(20)9-22-19(21)24-17/h2-3,8-9,16H,4-7,10H2,1H3. The van der Waals surface area contributed by atoms with Crippen molar-refractivity contribution in [3.05, 3.63) is 50.8 Å². The fourth-order valence-corrected chi connectivity index (χ4v) is 4.04. The molecule has 0 saturated carbocycles. The van der Waals surface area contributed by atoms with Crippen LogP contribution in [0.15, 0.2) is 33.9 Å². The molecule has 8 heteroatoms. The van der Waals surface area contributed by atoms with Crippen LogP contribution in [0.5, 0.6) is 0 Å². The number of morpholine rings is 1. The van der Waals surface area contributed by atoms with Gasteiger partial charge in [0.15, 0.2) is 0 Å². The molecule has 1 unspecified atom stereocenters. The van der Waals surface area contributed by atoms with E-state index in [-0.39, 0.29) is 17.8 Å². The highest BCUT2D eigenvalue weighted by Gasteiger charge is 2.32. The first-order valence-electron chi connectivity index (χ1n) is 8.76. The van der Waals surface area contributed by atoms with E-state index in [0.29, 0.717) is 23.4 Å². The maximum atomic E-state index is 13.0. The molecule has 4 rings (SSSR count). The number of amides is 1. The van der Waals surface area contributed by atoms with E-state index in [2.05, 4.69) is 49.1 Å². The van der Waals surface area contributed by atoms with Gasteiger partial charge < -0.3 is 9.64 Å². The third kappa shape index (κ3) is 3.77. The van der Waals surface area contributed by atoms with Crippen LogP contribution >= 0.6 is 27.5 Å². The number of fused-ring (bicyclic) bond motifs is 1. The van der Waals surface area contributed by atoms with Crippen molar-refractivity contribution in [1.29, 1.82) is 0 Å². The predicted molar refractivity (Wildman–Crippen MR) is 108 cm³/mol. The molecule has 0 bridgehead atoms. The Hall–Kier alpha value is -1.83. The van der Waals surface area contributed by atoms with Gasteiger partial charge >= 0.3 is 0 Å². The molecule has 0 N–H and O–H groups in total. The van der Waals surface area contributed by atoms with Crippen molar-refractivity contribution in [1.82, 2.24) is 9.97 Å². The monoisotopic (exact) mass is 448 g/mol. The largest absolute Gasteiger partial charge is 0.377 e. The normalized spacial score (nSPS) is 20.8. The fourth-order valence-electron chi connectivity index (χ4n) is 3.49. The first kappa shape index (κ1) is 18.5. The summed E-state index contributed by atoms with van der Waals surface area (Å²) < 4.78 is 6.24. The molecule has 1 aromatic heterocycles. The lowest BCUT2D eigenvalue weighted by Crippen LogP contribution is -2.50. The minimum Gasteiger partial charge on any atom is -0.377 e. The minimum absolute atomic E-state index is 0.136. The predicted octanol–water partition coefficient (Wildman–Crippen LogP) is 3.37. The maximum Gasteiger partial charge on any atom is 0.271 e. The molecule has 1 saturated heterocycles. The number of aromatic nitrogens is 2. The summed E-state index contributed by atoms with van der Waals surface area (Å²) in [6.45, 7) is 3.36. The second kappa shape index (κ2) is 7.66. The Balaban J connectivity index is 1.64. The van der Waals surface area contributed by atoms with E-state index in [1.807, 2.05) is 11.8 Å². The minimum atomic E-state index is -0.539. The molecule has 0 spiro atoms. The van der Waals surface area contributed by atoms with Crippen LogP contribution in [0, 0.1) is 6.92 Å². The number of halogens is 2. The van der Waals surface area contributed by atoms with Crippen molar-refractivity contribution >= 4 is 45.0 Å². The molecule has 1 atom stereocenters. The summed E-state index contributed by atoms with van der Waals surface area (Å²) in [5, 5.41) is 0.136. The summed E-state index contributed by atoms with van der Waals surface area (Å²) in [5.74, 6) is 0.361. The van der Waals surface area contributed by atoms with E-state index in [1.54, 1.807) is 6.20 Å². The van der Waals surface area contributed by atoms with Gasteiger partial charge in [-0.2, -0.15) is 4.98 Å². The molecular weight excluding hydrogens is 432 g/mol. The second-order valence-electron chi connectivity index (χ2n) is 6.65. The number of hydrogen-bond donors (Lipinski definition) is 0. The molecule has 2 aliphatic rings. The number of nitrogens with zero attached hydrogens (tertiary/aromatic N) is 4. The number of rotatable bonds is 2. The summed E-state index contributed by atoms with van der Waals surface area (Å²) in [7, 11) is 0. The van der Waals surface area contributed by atoms with Gasteiger partial charge in [0.1, 0.15) is 11.9 Å². The molecule has 1 aromatic carbocycles. The number of hydrogen-bond acceptors (Lipinski definition) is 5. The molecule has 1 aliphatic carbocycles. The number of anilines is 1. The van der Waals surface area contributed by atoms with Crippen LogP contribution in [0.4, 0.5) is 5.82 Å². The van der Waals surface area contributed by atoms with Gasteiger partial charge in [0.2, 0.25) is 5.28 Å². The second-order valence-corrected chi connectivity index (χ2v) is 7.84. The maximum absolute atomic E-state index is 13.0. The Morgan fingerprint density at radius 3 is 3.11 bits per heavy atom. The number of aliphatic imine (C=N–C) groups is 1. The zero-order chi connectivity index (χ0) is 19.0. The first-order chi connectivity index (χ1) is 13.0. The molecule has 140 valence electrons. The molecular formula is C19H18BrClN4O2. The van der Waals surface area contributed by atoms with Crippen molar-refractivity contribution in [2.75, 3.05) is 24.7 Å². The van der Waals surface area contributed by atoms with Gasteiger partial charge in [-0.3, -0.25) is 4.79 Å². The number of benzene rings is 1. The van der Waals surface area contributed by atoms with Gasteiger partial charge in [0.05, 0.1) is 23.4 Å². The quantitative estimate of drug-likeness (QED) is 0.658. The summed E-state index contributed by atoms with van der Waals surface area (Å²) in [6.07, 6.45) is 3.28. The van der Waals surface area contributed by atoms with Crippen LogP contribution in [0.1, 0.15) is 23.1 Å². The van der Waals surface area contributed by atoms with E-state index in [9.17, 15) is 4.79 Å². The van der Waals surface area contributed by atoms with Crippen molar-refractivity contribution in [3.63, 3.8) is 0 Å². The van der Waals surface area contributed by atoms with E-state index < -0.39 is 6.04 Å². The average Bonchev–Trinajstić information content (AvgIpc) is 3.05. The summed E-state index contributed by atoms with van der Waals surface area (Å²) in [4.78, 5) is 27.6. The van der Waals surface area contributed by atoms with Crippen molar-refractivity contribution in [3.8, 4) is 0 Å². The Labute approximate surface area is 170 Å². The zero-order valence-corrected chi connectivity index (χ0v) is 17.1. The highest BCUT2D eigenvalue weighted by molar-refractivity contribution is 9.10. The zero-order valence-electron chi connectivity index (χ0n) is 14.8. The number of aryl methyl sites for hydroxylation is 2. The number of carbonyl (C=O) groups is 1. The van der Waals surface area contributed by atoms with Gasteiger partial charge in [0.25, 0.3) is 5.91 Å². The molecule has 2 heterocycles. The lowest BCUT2D eigenvalue weighted by atomic mass is 10.1. The van der Waals surface area contributed by atoms with Crippen LogP contribution in [0.2, 0.25) is 5.28 Å². The number of carbonyl (C=O) groups excluding carboxylic acids is 1. The van der Waals surface area contributed by atoms with E-state index in [1.165, 1.54) is 5.56 Å². The van der Waals surface area contributed by atoms with Crippen LogP contribution < -0.4 is 4.90 Å². The average molecular weight is 450 g/mol. The van der Waals surface area contributed by atoms with Crippen LogP contribution in [0.25, 0.3) is 0 Å². The molecule has 6 nitrogen and oxygen atoms in total. The lowest BCUT2D eigenvalue weighted by molar-refractivity contribution is -0.121. The summed E-state index contributed by atoms with van der Waals surface area (Å²) >= 11 is 9.41. The SMILES string of the molecule is Cc1ccc2c(c1)C(=NC(=O)C1COCCN1c1nc(Cl)ncc1Br)CC2. The fraction of sp³-hybridized carbons (Fsp3) is 0.368. The van der Waals surface area contributed by atoms with E-state index in [0.717, 1.165) is 29.7 Å². The first-order valence-corrected chi connectivity index (χ1v) is 9.94. The summed E-state index contributed by atoms with van der Waals surface area (Å²) in [5.41, 5.74) is 4.34. The third-order valence-corrected chi connectivity index (χ3v) is 5.58. The van der Waals surface area contributed by atoms with Crippen molar-refractivity contribution < 1.29 is 9.53 Å². The molecule has 2 aromatic rings. The highest BCUT2D eigenvalue weighted by atomic mass is 79.9. The Kier molecular flexibility index (Phi) is 5.25. The van der Waals surface area contributed by atoms with Crippen LogP contribution in [0.3, 0.4) is 0 Å². The van der Waals surface area contributed by atoms with E-state index in [4.69, 9.17) is 16.3 Å². The van der Waals surface area contributed by atoms with Crippen molar-refractivity contribution in [2.45, 2.75) is 25.8 Å². The van der Waals surface area contributed by atoms with Crippen molar-refractivity contribution in [2.24, 2.45) is 4.99 Å². The van der Waals surface area contributed by atoms with Crippen LogP contribution in [-0.4, -0.2) is 47.4 Å². The third-order valence-electron chi connectivity index (χ3n) is 4.83. The van der Waals surface area contributed by atoms with Crippen LogP contribution in [-0.2, 0) is 16.0 Å². The topological polar surface area (TPSA) is 67.7 Å². The Morgan fingerprint density at radius 1 is 1.41 bits per heavy atom. The van der Waals surface area contributed by atoms with Gasteiger partial charge in [-0.1, -0.05) is 17.7 Å². The highest BCUT2D eigenvalue weighted by Crippen LogP contribution is 2.29. The summed E-state index contributed by atoms with van der Waals surface area (Å²) in [6, 6.07) is 5.77. The molecule has 27 heavy (non-hydrogen) atoms. The molecule has 1 amide bonds. The number of ether oxygens (including phenoxy) is 1. The molecule has 1 fully saturated rings. The van der Waals surface area contributed by atoms with E-state index >= 15 is 0 Å². The van der Waals surface area contributed by atoms with Gasteiger partial charge in [-0.25, -0.2) is 9.98 Å². The smallest absolute Gasteiger partial charge is 0.271 e. The van der Waals surface area contributed by atoms with Gasteiger partial charge in [0, 0.05) is 12.7 Å².